The molecule has 0 saturated carbocycles. The molecule has 0 fully saturated rings. The van der Waals surface area contributed by atoms with Gasteiger partial charge in [0.1, 0.15) is 11.8 Å². The third-order valence-electron chi connectivity index (χ3n) is 2.14. The molecule has 0 aliphatic carbocycles. The summed E-state index contributed by atoms with van der Waals surface area (Å²) < 4.78 is 1.40. The molecule has 2 aromatic heterocycles. The number of hydrogen-bond acceptors (Lipinski definition) is 5. The lowest BCUT2D eigenvalue weighted by atomic mass is 10.2. The van der Waals surface area contributed by atoms with E-state index in [1.165, 1.54) is 23.1 Å². The third-order valence-corrected chi connectivity index (χ3v) is 2.14. The summed E-state index contributed by atoms with van der Waals surface area (Å²) in [6.07, 6.45) is 3.01. The summed E-state index contributed by atoms with van der Waals surface area (Å²) in [6, 6.07) is 6.70. The predicted octanol–water partition coefficient (Wildman–Crippen LogP) is 1.11. The fraction of sp³-hybridized carbons (Fsp3) is 0.100. The van der Waals surface area contributed by atoms with Gasteiger partial charge >= 0.3 is 5.82 Å². The lowest BCUT2D eigenvalue weighted by molar-refractivity contribution is -0.389. The quantitative estimate of drug-likeness (QED) is 0.579. The molecule has 0 saturated heterocycles. The molecule has 0 atom stereocenters. The minimum atomic E-state index is -0.565. The zero-order chi connectivity index (χ0) is 12.3. The van der Waals surface area contributed by atoms with E-state index in [9.17, 15) is 10.1 Å². The number of hydrogen-bond donors (Lipinski definition) is 0. The second-order valence-corrected chi connectivity index (χ2v) is 3.25. The maximum Gasteiger partial charge on any atom is 0.389 e. The van der Waals surface area contributed by atoms with Gasteiger partial charge in [0.05, 0.1) is 23.9 Å². The fourth-order valence-electron chi connectivity index (χ4n) is 1.38. The Balaban J connectivity index is 2.26. The summed E-state index contributed by atoms with van der Waals surface area (Å²) in [5.41, 5.74) is 0.971. The Morgan fingerprint density at radius 2 is 2.35 bits per heavy atom. The third kappa shape index (κ3) is 2.26. The van der Waals surface area contributed by atoms with Crippen molar-refractivity contribution in [2.45, 2.75) is 6.54 Å². The van der Waals surface area contributed by atoms with E-state index in [4.69, 9.17) is 5.26 Å². The highest BCUT2D eigenvalue weighted by atomic mass is 16.6. The first-order chi connectivity index (χ1) is 8.20. The van der Waals surface area contributed by atoms with Crippen LogP contribution in [0, 0.1) is 21.4 Å². The normalized spacial score (nSPS) is 9.82. The van der Waals surface area contributed by atoms with Crippen LogP contribution in [0.15, 0.2) is 30.6 Å². The molecule has 84 valence electrons. The monoisotopic (exact) mass is 229 g/mol. The summed E-state index contributed by atoms with van der Waals surface area (Å²) in [5.74, 6) is -0.215. The van der Waals surface area contributed by atoms with Gasteiger partial charge in [-0.25, -0.2) is 4.98 Å². The molecule has 0 aliphatic heterocycles. The first-order valence-corrected chi connectivity index (χ1v) is 4.72. The highest BCUT2D eigenvalue weighted by Gasteiger charge is 2.12. The van der Waals surface area contributed by atoms with Gasteiger partial charge < -0.3 is 10.1 Å². The van der Waals surface area contributed by atoms with Crippen LogP contribution in [0.4, 0.5) is 5.82 Å². The van der Waals surface area contributed by atoms with Crippen molar-refractivity contribution in [1.29, 1.82) is 5.26 Å². The first-order valence-electron chi connectivity index (χ1n) is 4.72. The summed E-state index contributed by atoms with van der Waals surface area (Å²) in [5, 5.41) is 23.1. The lowest BCUT2D eigenvalue weighted by Crippen LogP contribution is -2.04. The average molecular weight is 229 g/mol. The van der Waals surface area contributed by atoms with Crippen LogP contribution < -0.4 is 0 Å². The van der Waals surface area contributed by atoms with E-state index in [1.807, 2.05) is 6.07 Å². The molecule has 0 spiro atoms. The van der Waals surface area contributed by atoms with Gasteiger partial charge in [0, 0.05) is 11.8 Å². The molecule has 0 aliphatic rings. The van der Waals surface area contributed by atoms with E-state index in [0.29, 0.717) is 11.3 Å². The molecule has 0 bridgehead atoms. The van der Waals surface area contributed by atoms with Gasteiger partial charge in [0.25, 0.3) is 0 Å². The average Bonchev–Trinajstić information content (AvgIpc) is 2.78. The van der Waals surface area contributed by atoms with Crippen LogP contribution in [0.3, 0.4) is 0 Å². The Labute approximate surface area is 96.1 Å². The Morgan fingerprint density at radius 1 is 1.53 bits per heavy atom. The van der Waals surface area contributed by atoms with Gasteiger partial charge in [0.2, 0.25) is 0 Å². The van der Waals surface area contributed by atoms with Crippen LogP contribution >= 0.6 is 0 Å². The predicted molar refractivity (Wildman–Crippen MR) is 56.9 cm³/mol. The second-order valence-electron chi connectivity index (χ2n) is 3.25. The van der Waals surface area contributed by atoms with Gasteiger partial charge in [-0.05, 0) is 11.0 Å². The lowest BCUT2D eigenvalue weighted by Gasteiger charge is -1.99. The topological polar surface area (TPSA) is 97.6 Å². The molecule has 0 unspecified atom stereocenters. The van der Waals surface area contributed by atoms with Crippen molar-refractivity contribution in [3.8, 4) is 6.07 Å². The summed E-state index contributed by atoms with van der Waals surface area (Å²) in [6.45, 7) is 0.282. The minimum absolute atomic E-state index is 0.215. The molecule has 0 N–H and O–H groups in total. The van der Waals surface area contributed by atoms with Crippen LogP contribution in [0.1, 0.15) is 11.3 Å². The van der Waals surface area contributed by atoms with Gasteiger partial charge in [-0.1, -0.05) is 6.07 Å². The summed E-state index contributed by atoms with van der Waals surface area (Å²) in [7, 11) is 0. The van der Waals surface area contributed by atoms with E-state index < -0.39 is 4.92 Å². The second kappa shape index (κ2) is 4.40. The number of nitro groups is 1. The molecule has 0 radical (unpaired) electrons. The summed E-state index contributed by atoms with van der Waals surface area (Å²) >= 11 is 0. The molecule has 7 heteroatoms. The molecule has 17 heavy (non-hydrogen) atoms. The Kier molecular flexibility index (Phi) is 2.79. The van der Waals surface area contributed by atoms with Crippen molar-refractivity contribution in [2.75, 3.05) is 0 Å². The molecular weight excluding hydrogens is 222 g/mol. The number of pyridine rings is 1. The van der Waals surface area contributed by atoms with Crippen LogP contribution in [-0.4, -0.2) is 19.7 Å². The molecule has 0 aromatic carbocycles. The molecular formula is C10H7N5O2. The van der Waals surface area contributed by atoms with E-state index in [2.05, 4.69) is 10.1 Å². The van der Waals surface area contributed by atoms with Crippen molar-refractivity contribution >= 4 is 5.82 Å². The number of nitrogens with zero attached hydrogens (tertiary/aromatic N) is 5. The van der Waals surface area contributed by atoms with Crippen molar-refractivity contribution < 1.29 is 4.92 Å². The van der Waals surface area contributed by atoms with Crippen LogP contribution in [0.5, 0.6) is 0 Å². The smallest absolute Gasteiger partial charge is 0.358 e. The maximum absolute atomic E-state index is 10.5. The SMILES string of the molecule is N#Cc1ncccc1Cn1ccc([N+](=O)[O-])n1. The van der Waals surface area contributed by atoms with Crippen LogP contribution in [0.2, 0.25) is 0 Å². The highest BCUT2D eigenvalue weighted by Crippen LogP contribution is 2.09. The Morgan fingerprint density at radius 3 is 3.00 bits per heavy atom. The Hall–Kier alpha value is -2.75. The highest BCUT2D eigenvalue weighted by molar-refractivity contribution is 5.30. The molecule has 7 nitrogen and oxygen atoms in total. The van der Waals surface area contributed by atoms with E-state index in [-0.39, 0.29) is 12.4 Å². The van der Waals surface area contributed by atoms with Crippen molar-refractivity contribution in [3.63, 3.8) is 0 Å². The standard InChI is InChI=1S/C10H7N5O2/c11-6-9-8(2-1-4-12-9)7-14-5-3-10(13-14)15(16)17/h1-5H,7H2. The van der Waals surface area contributed by atoms with Crippen LogP contribution in [-0.2, 0) is 6.54 Å². The largest absolute Gasteiger partial charge is 0.389 e. The number of rotatable bonds is 3. The number of nitriles is 1. The zero-order valence-corrected chi connectivity index (χ0v) is 8.65. The minimum Gasteiger partial charge on any atom is -0.358 e. The molecule has 2 rings (SSSR count). The van der Waals surface area contributed by atoms with Gasteiger partial charge in [-0.2, -0.15) is 9.94 Å². The van der Waals surface area contributed by atoms with E-state index in [1.54, 1.807) is 12.1 Å². The fourth-order valence-corrected chi connectivity index (χ4v) is 1.38. The van der Waals surface area contributed by atoms with E-state index in [0.717, 1.165) is 0 Å². The number of aromatic nitrogens is 3. The van der Waals surface area contributed by atoms with Crippen molar-refractivity contribution in [1.82, 2.24) is 14.8 Å². The van der Waals surface area contributed by atoms with Gasteiger partial charge in [0.15, 0.2) is 0 Å². The van der Waals surface area contributed by atoms with Gasteiger partial charge in [-0.3, -0.25) is 0 Å². The van der Waals surface area contributed by atoms with E-state index >= 15 is 0 Å². The Bertz CT molecular complexity index is 599. The molecule has 2 aromatic rings. The van der Waals surface area contributed by atoms with Crippen LogP contribution in [0.25, 0.3) is 0 Å². The van der Waals surface area contributed by atoms with Crippen molar-refractivity contribution in [2.24, 2.45) is 0 Å². The molecule has 0 amide bonds. The molecule has 2 heterocycles. The van der Waals surface area contributed by atoms with Gasteiger partial charge in [-0.15, -0.1) is 0 Å². The van der Waals surface area contributed by atoms with Crippen molar-refractivity contribution in [3.05, 3.63) is 52.0 Å². The maximum atomic E-state index is 10.5. The zero-order valence-electron chi connectivity index (χ0n) is 8.65. The summed E-state index contributed by atoms with van der Waals surface area (Å²) in [4.78, 5) is 13.8. The first kappa shape index (κ1) is 10.8.